The molecule has 0 saturated heterocycles. The van der Waals surface area contributed by atoms with Gasteiger partial charge in [-0.05, 0) is 49.9 Å². The van der Waals surface area contributed by atoms with Crippen LogP contribution in [0.2, 0.25) is 0 Å². The number of rotatable bonds is 7. The predicted molar refractivity (Wildman–Crippen MR) is 131 cm³/mol. The van der Waals surface area contributed by atoms with Gasteiger partial charge in [-0.1, -0.05) is 39.8 Å². The lowest BCUT2D eigenvalue weighted by molar-refractivity contribution is -0.389. The zero-order valence-electron chi connectivity index (χ0n) is 20.3. The molecule has 0 radical (unpaired) electrons. The molecule has 2 atom stereocenters. The molecule has 4 heterocycles. The second-order valence-electron chi connectivity index (χ2n) is 9.35. The van der Waals surface area contributed by atoms with Crippen molar-refractivity contribution in [3.8, 4) is 0 Å². The molecule has 7 heteroatoms. The van der Waals surface area contributed by atoms with E-state index in [-0.39, 0.29) is 23.7 Å². The van der Waals surface area contributed by atoms with Crippen LogP contribution in [-0.2, 0) is 0 Å². The van der Waals surface area contributed by atoms with Crippen molar-refractivity contribution < 1.29 is 10.5 Å². The quantitative estimate of drug-likeness (QED) is 0.345. The van der Waals surface area contributed by atoms with Crippen molar-refractivity contribution in [3.63, 3.8) is 0 Å². The Labute approximate surface area is 194 Å². The van der Waals surface area contributed by atoms with Gasteiger partial charge in [-0.2, -0.15) is 10.2 Å². The molecule has 4 rings (SSSR count). The molecule has 0 aliphatic carbocycles. The summed E-state index contributed by atoms with van der Waals surface area (Å²) in [5.74, 6) is 0.307. The van der Waals surface area contributed by atoms with Crippen molar-refractivity contribution >= 4 is 22.5 Å². The number of hydrogen-bond acceptors (Lipinski definition) is 4. The van der Waals surface area contributed by atoms with Gasteiger partial charge in [-0.25, -0.2) is 9.03 Å². The highest BCUT2D eigenvalue weighted by Gasteiger charge is 2.29. The van der Waals surface area contributed by atoms with E-state index in [1.165, 1.54) is 0 Å². The van der Waals surface area contributed by atoms with Gasteiger partial charge in [0.25, 0.3) is 0 Å². The largest absolute Gasteiger partial charge is 0.350 e. The standard InChI is InChI=1S/C26H32N6O/c1-15(2)23-21(19-11-7-9-13-31(19)29-23)25(17(5)27)28-18(6)26(33)22-20-12-8-10-14-32(20)30-24(22)16(3)4/h7-18H,27H2,1-6H3/p+1. The Hall–Kier alpha value is -3.32. The van der Waals surface area contributed by atoms with Gasteiger partial charge in [0.05, 0.1) is 33.5 Å². The second kappa shape index (κ2) is 8.90. The van der Waals surface area contributed by atoms with Crippen LogP contribution in [-0.4, -0.2) is 42.8 Å². The summed E-state index contributed by atoms with van der Waals surface area (Å²) in [6.07, 6.45) is 3.82. The van der Waals surface area contributed by atoms with Crippen LogP contribution in [0.15, 0.2) is 53.8 Å². The molecule has 0 aromatic carbocycles. The third kappa shape index (κ3) is 4.09. The van der Waals surface area contributed by atoms with Crippen LogP contribution in [0, 0.1) is 0 Å². The molecule has 2 unspecified atom stereocenters. The van der Waals surface area contributed by atoms with E-state index >= 15 is 0 Å². The molecule has 7 nitrogen and oxygen atoms in total. The Kier molecular flexibility index (Phi) is 6.17. The zero-order chi connectivity index (χ0) is 23.9. The number of nitrogens with zero attached hydrogens (tertiary/aromatic N) is 5. The number of fused-ring (bicyclic) bond motifs is 2. The summed E-state index contributed by atoms with van der Waals surface area (Å²) in [4.78, 5) is 18.7. The van der Waals surface area contributed by atoms with E-state index in [4.69, 9.17) is 10.1 Å². The first-order valence-corrected chi connectivity index (χ1v) is 11.6. The maximum absolute atomic E-state index is 13.8. The van der Waals surface area contributed by atoms with Crippen molar-refractivity contribution in [1.29, 1.82) is 0 Å². The summed E-state index contributed by atoms with van der Waals surface area (Å²) in [6.45, 7) is 12.2. The molecule has 0 amide bonds. The lowest BCUT2D eigenvalue weighted by Crippen LogP contribution is -2.63. The number of hydrogen-bond donors (Lipinski definition) is 1. The molecule has 0 spiro atoms. The Bertz CT molecular complexity index is 1340. The summed E-state index contributed by atoms with van der Waals surface area (Å²) in [5, 5.41) is 9.49. The van der Waals surface area contributed by atoms with E-state index in [9.17, 15) is 4.79 Å². The molecule has 33 heavy (non-hydrogen) atoms. The van der Waals surface area contributed by atoms with Crippen LogP contribution in [0.1, 0.15) is 80.7 Å². The molecule has 0 aliphatic heterocycles. The lowest BCUT2D eigenvalue weighted by atomic mass is 9.95. The number of ketones is 1. The topological polar surface area (TPSA) is 91.7 Å². The average Bonchev–Trinajstić information content (AvgIpc) is 3.36. The average molecular weight is 446 g/mol. The van der Waals surface area contributed by atoms with Gasteiger partial charge in [0.1, 0.15) is 17.8 Å². The van der Waals surface area contributed by atoms with Crippen molar-refractivity contribution in [3.05, 3.63) is 71.3 Å². The SMILES string of the molecule is CC([NH3+])C(=NC(C)C(=O)c1c(C(C)C)nn2ccccc12)c1c(C(C)C)nn2ccccc12. The van der Waals surface area contributed by atoms with Gasteiger partial charge in [-0.15, -0.1) is 0 Å². The van der Waals surface area contributed by atoms with Gasteiger partial charge in [0.2, 0.25) is 0 Å². The predicted octanol–water partition coefficient (Wildman–Crippen LogP) is 3.92. The van der Waals surface area contributed by atoms with Crippen molar-refractivity contribution in [2.45, 2.75) is 65.5 Å². The number of aromatic nitrogens is 4. The molecule has 4 aromatic rings. The molecule has 3 N–H and O–H groups in total. The van der Waals surface area contributed by atoms with E-state index < -0.39 is 6.04 Å². The highest BCUT2D eigenvalue weighted by atomic mass is 16.1. The molecule has 4 aromatic heterocycles. The molecule has 0 aliphatic rings. The van der Waals surface area contributed by atoms with Crippen LogP contribution >= 0.6 is 0 Å². The maximum atomic E-state index is 13.8. The molecule has 0 saturated carbocycles. The minimum atomic E-state index is -0.575. The first kappa shape index (κ1) is 22.9. The van der Waals surface area contributed by atoms with Gasteiger partial charge in [0.15, 0.2) is 5.78 Å². The van der Waals surface area contributed by atoms with E-state index in [0.717, 1.165) is 33.7 Å². The molecular formula is C26H33N6O+. The Morgan fingerprint density at radius 2 is 1.30 bits per heavy atom. The normalized spacial score (nSPS) is 14.5. The Morgan fingerprint density at radius 1 is 0.818 bits per heavy atom. The van der Waals surface area contributed by atoms with Crippen molar-refractivity contribution in [2.24, 2.45) is 4.99 Å². The van der Waals surface area contributed by atoms with E-state index in [2.05, 4.69) is 38.5 Å². The number of aliphatic imine (C=N–C) groups is 1. The highest BCUT2D eigenvalue weighted by Crippen LogP contribution is 2.27. The second-order valence-corrected chi connectivity index (χ2v) is 9.35. The molecular weight excluding hydrogens is 412 g/mol. The lowest BCUT2D eigenvalue weighted by Gasteiger charge is -2.14. The van der Waals surface area contributed by atoms with Crippen LogP contribution in [0.3, 0.4) is 0 Å². The fraction of sp³-hybridized carbons (Fsp3) is 0.385. The molecule has 0 fully saturated rings. The summed E-state index contributed by atoms with van der Waals surface area (Å²) >= 11 is 0. The molecule has 172 valence electrons. The van der Waals surface area contributed by atoms with Crippen LogP contribution in [0.25, 0.3) is 11.0 Å². The first-order valence-electron chi connectivity index (χ1n) is 11.6. The number of quaternary nitrogens is 1. The van der Waals surface area contributed by atoms with Gasteiger partial charge in [0, 0.05) is 12.4 Å². The minimum absolute atomic E-state index is 0.0272. The number of pyridine rings is 2. The van der Waals surface area contributed by atoms with E-state index in [1.807, 2.05) is 67.2 Å². The highest BCUT2D eigenvalue weighted by molar-refractivity contribution is 6.12. The Morgan fingerprint density at radius 3 is 1.79 bits per heavy atom. The summed E-state index contributed by atoms with van der Waals surface area (Å²) in [5.41, 5.74) is 10.3. The maximum Gasteiger partial charge on any atom is 0.191 e. The summed E-state index contributed by atoms with van der Waals surface area (Å²) in [6, 6.07) is 11.1. The number of carbonyl (C=O) groups excluding carboxylic acids is 1. The third-order valence-electron chi connectivity index (χ3n) is 5.91. The Balaban J connectivity index is 1.85. The number of Topliss-reactive ketones (excluding diaryl/α,β-unsaturated/α-hetero) is 1. The summed E-state index contributed by atoms with van der Waals surface area (Å²) < 4.78 is 3.67. The molecule has 0 bridgehead atoms. The summed E-state index contributed by atoms with van der Waals surface area (Å²) in [7, 11) is 0. The third-order valence-corrected chi connectivity index (χ3v) is 5.91. The van der Waals surface area contributed by atoms with Crippen LogP contribution < -0.4 is 5.73 Å². The first-order chi connectivity index (χ1) is 15.7. The van der Waals surface area contributed by atoms with Crippen molar-refractivity contribution in [2.75, 3.05) is 0 Å². The van der Waals surface area contributed by atoms with E-state index in [1.54, 1.807) is 4.52 Å². The van der Waals surface area contributed by atoms with Crippen molar-refractivity contribution in [1.82, 2.24) is 19.2 Å². The van der Waals surface area contributed by atoms with Gasteiger partial charge < -0.3 is 5.73 Å². The zero-order valence-corrected chi connectivity index (χ0v) is 20.3. The van der Waals surface area contributed by atoms with E-state index in [0.29, 0.717) is 5.56 Å². The van der Waals surface area contributed by atoms with Gasteiger partial charge in [-0.3, -0.25) is 9.79 Å². The smallest absolute Gasteiger partial charge is 0.191 e. The monoisotopic (exact) mass is 445 g/mol. The van der Waals surface area contributed by atoms with Gasteiger partial charge >= 0.3 is 0 Å². The fourth-order valence-electron chi connectivity index (χ4n) is 4.27. The minimum Gasteiger partial charge on any atom is -0.350 e. The fourth-order valence-corrected chi connectivity index (χ4v) is 4.27. The van der Waals surface area contributed by atoms with Crippen LogP contribution in [0.5, 0.6) is 0 Å². The number of carbonyl (C=O) groups is 1. The van der Waals surface area contributed by atoms with Crippen LogP contribution in [0.4, 0.5) is 0 Å².